The fourth-order valence-electron chi connectivity index (χ4n) is 0.907. The van der Waals surface area contributed by atoms with Crippen molar-refractivity contribution >= 4 is 46.6 Å². The number of hydrogen-bond donors (Lipinski definition) is 2. The van der Waals surface area contributed by atoms with Gasteiger partial charge < -0.3 is 17.9 Å². The van der Waals surface area contributed by atoms with Gasteiger partial charge in [-0.15, -0.1) is 0 Å². The van der Waals surface area contributed by atoms with Crippen LogP contribution in [0.15, 0.2) is 33.6 Å². The summed E-state index contributed by atoms with van der Waals surface area (Å²) in [5.74, 6) is 0.597. The zero-order chi connectivity index (χ0) is 14.3. The van der Waals surface area contributed by atoms with Crippen molar-refractivity contribution < 1.29 is 19.5 Å². The Kier molecular flexibility index (Phi) is 9.20. The summed E-state index contributed by atoms with van der Waals surface area (Å²) in [6.45, 7) is 3.59. The second-order valence-corrected chi connectivity index (χ2v) is 4.33. The molecule has 2 N–H and O–H groups in total. The number of aromatic nitrogens is 1. The molecule has 9 heteroatoms. The molecule has 104 valence electrons. The Morgan fingerprint density at radius 1 is 1.25 bits per heavy atom. The minimum Gasteiger partial charge on any atom is -0.741 e. The molecule has 0 radical (unpaired) electrons. The van der Waals surface area contributed by atoms with Crippen LogP contribution in [0.25, 0.3) is 0 Å². The third-order valence-corrected chi connectivity index (χ3v) is 2.60. The minimum atomic E-state index is 0. The molecular weight excluding hydrogens is 349 g/mol. The number of pyridine rings is 1. The van der Waals surface area contributed by atoms with Crippen LogP contribution >= 0.6 is 11.6 Å². The Hall–Kier alpha value is -1.11. The molecule has 1 heterocycles. The van der Waals surface area contributed by atoms with E-state index < -0.39 is 0 Å². The van der Waals surface area contributed by atoms with E-state index in [1.54, 1.807) is 33.0 Å². The summed E-state index contributed by atoms with van der Waals surface area (Å²) in [5.41, 5.74) is 4.13. The molecular formula is C11H14ClN6SZn-. The Balaban J connectivity index is 0.00000361. The quantitative estimate of drug-likeness (QED) is 0.282. The van der Waals surface area contributed by atoms with Crippen molar-refractivity contribution in [3.05, 3.63) is 23.4 Å². The van der Waals surface area contributed by atoms with E-state index in [4.69, 9.17) is 24.2 Å². The first-order chi connectivity index (χ1) is 9.02. The molecule has 0 saturated carbocycles. The molecule has 1 rings (SSSR count). The van der Waals surface area contributed by atoms with Gasteiger partial charge in [0.1, 0.15) is 5.82 Å². The van der Waals surface area contributed by atoms with Crippen molar-refractivity contribution in [3.8, 4) is 0 Å². The molecule has 0 aliphatic heterocycles. The molecule has 0 atom stereocenters. The maximum absolute atomic E-state index is 5.73. The SMILES string of the molecule is CN/C([S-])=N/N=C(C)/C(C)=N/Nc1ccc(Cl)cn1.[Zn]. The third kappa shape index (κ3) is 6.89. The van der Waals surface area contributed by atoms with Gasteiger partial charge in [0.05, 0.1) is 16.4 Å². The molecule has 1 aromatic rings. The van der Waals surface area contributed by atoms with Gasteiger partial charge in [-0.3, -0.25) is 5.43 Å². The smallest absolute Gasteiger partial charge is 0.146 e. The van der Waals surface area contributed by atoms with E-state index in [1.807, 2.05) is 0 Å². The van der Waals surface area contributed by atoms with Crippen molar-refractivity contribution in [1.82, 2.24) is 10.3 Å². The van der Waals surface area contributed by atoms with Gasteiger partial charge in [-0.2, -0.15) is 15.3 Å². The number of nitrogens with one attached hydrogen (secondary N) is 2. The van der Waals surface area contributed by atoms with Crippen LogP contribution in [0.1, 0.15) is 13.8 Å². The van der Waals surface area contributed by atoms with Crippen molar-refractivity contribution in [1.29, 1.82) is 0 Å². The van der Waals surface area contributed by atoms with Gasteiger partial charge in [-0.25, -0.2) is 4.98 Å². The van der Waals surface area contributed by atoms with Crippen LogP contribution in [0.4, 0.5) is 5.82 Å². The Labute approximate surface area is 141 Å². The van der Waals surface area contributed by atoms with Crippen LogP contribution in [-0.2, 0) is 32.1 Å². The third-order valence-electron chi connectivity index (χ3n) is 2.09. The van der Waals surface area contributed by atoms with Crippen LogP contribution in [0, 0.1) is 0 Å². The summed E-state index contributed by atoms with van der Waals surface area (Å²) in [6, 6.07) is 3.45. The predicted molar refractivity (Wildman–Crippen MR) is 82.9 cm³/mol. The predicted octanol–water partition coefficient (Wildman–Crippen LogP) is 2.02. The zero-order valence-electron chi connectivity index (χ0n) is 11.5. The number of anilines is 1. The molecule has 6 nitrogen and oxygen atoms in total. The van der Waals surface area contributed by atoms with Gasteiger partial charge in [-0.1, -0.05) is 11.6 Å². The zero-order valence-corrected chi connectivity index (χ0v) is 16.1. The summed E-state index contributed by atoms with van der Waals surface area (Å²) >= 11 is 10.6. The Morgan fingerprint density at radius 3 is 2.50 bits per heavy atom. The Morgan fingerprint density at radius 2 is 1.95 bits per heavy atom. The molecule has 0 fully saturated rings. The number of amidine groups is 1. The van der Waals surface area contributed by atoms with E-state index in [9.17, 15) is 0 Å². The van der Waals surface area contributed by atoms with E-state index in [0.29, 0.717) is 27.4 Å². The minimum absolute atomic E-state index is 0. The molecule has 0 unspecified atom stereocenters. The second kappa shape index (κ2) is 9.74. The largest absolute Gasteiger partial charge is 0.741 e. The number of rotatable bonds is 4. The molecule has 0 aliphatic carbocycles. The monoisotopic (exact) mass is 361 g/mol. The van der Waals surface area contributed by atoms with E-state index in [-0.39, 0.29) is 19.5 Å². The summed E-state index contributed by atoms with van der Waals surface area (Å²) in [7, 11) is 1.69. The van der Waals surface area contributed by atoms with Crippen molar-refractivity contribution in [2.24, 2.45) is 15.3 Å². The van der Waals surface area contributed by atoms with E-state index in [0.717, 1.165) is 0 Å². The fraction of sp³-hybridized carbons (Fsp3) is 0.273. The van der Waals surface area contributed by atoms with E-state index in [2.05, 4.69) is 31.0 Å². The van der Waals surface area contributed by atoms with Gasteiger partial charge in [0.25, 0.3) is 0 Å². The van der Waals surface area contributed by atoms with E-state index in [1.165, 1.54) is 6.20 Å². The summed E-state index contributed by atoms with van der Waals surface area (Å²) in [6.07, 6.45) is 1.54. The fourth-order valence-corrected chi connectivity index (χ4v) is 1.06. The molecule has 0 aliphatic rings. The van der Waals surface area contributed by atoms with Gasteiger partial charge >= 0.3 is 0 Å². The normalized spacial score (nSPS) is 12.7. The van der Waals surface area contributed by atoms with E-state index >= 15 is 0 Å². The first-order valence-corrected chi connectivity index (χ1v) is 6.20. The number of hydrazone groups is 1. The van der Waals surface area contributed by atoms with Crippen LogP contribution in [0.2, 0.25) is 5.02 Å². The standard InChI is InChI=1S/C11H15ClN6S.Zn/c1-7(8(2)16-18-11(19)13-3)15-17-10-5-4-9(12)6-14-10;/h4-6H,1-3H3,(H,14,17)(H2,13,18,19);/p-1/b15-7+,16-8+;. The van der Waals surface area contributed by atoms with Gasteiger partial charge in [0, 0.05) is 32.7 Å². The molecule has 0 spiro atoms. The van der Waals surface area contributed by atoms with Gasteiger partial charge in [0.15, 0.2) is 0 Å². The Bertz CT molecular complexity index is 514. The van der Waals surface area contributed by atoms with Crippen molar-refractivity contribution in [3.63, 3.8) is 0 Å². The van der Waals surface area contributed by atoms with Gasteiger partial charge in [0.2, 0.25) is 0 Å². The maximum atomic E-state index is 5.73. The number of hydrogen-bond acceptors (Lipinski definition) is 6. The topological polar surface area (TPSA) is 74.0 Å². The molecule has 1 aromatic heterocycles. The molecule has 0 bridgehead atoms. The second-order valence-electron chi connectivity index (χ2n) is 3.51. The molecule has 0 aromatic carbocycles. The number of halogens is 1. The van der Waals surface area contributed by atoms with Crippen LogP contribution in [0.3, 0.4) is 0 Å². The molecule has 0 saturated heterocycles. The van der Waals surface area contributed by atoms with Crippen LogP contribution in [-0.4, -0.2) is 28.6 Å². The first-order valence-electron chi connectivity index (χ1n) is 5.42. The first kappa shape index (κ1) is 18.9. The number of nitrogens with zero attached hydrogens (tertiary/aromatic N) is 4. The van der Waals surface area contributed by atoms with Gasteiger partial charge in [-0.05, 0) is 31.1 Å². The summed E-state index contributed by atoms with van der Waals surface area (Å²) in [5, 5.41) is 15.5. The summed E-state index contributed by atoms with van der Waals surface area (Å²) in [4.78, 5) is 4.05. The maximum Gasteiger partial charge on any atom is 0.146 e. The van der Waals surface area contributed by atoms with Crippen LogP contribution in [0.5, 0.6) is 0 Å². The average Bonchev–Trinajstić information content (AvgIpc) is 2.43. The average molecular weight is 363 g/mol. The van der Waals surface area contributed by atoms with Crippen LogP contribution < -0.4 is 10.7 Å². The van der Waals surface area contributed by atoms with Crippen molar-refractivity contribution in [2.75, 3.05) is 12.5 Å². The summed E-state index contributed by atoms with van der Waals surface area (Å²) < 4.78 is 0. The molecule has 20 heavy (non-hydrogen) atoms. The molecule has 0 amide bonds. The van der Waals surface area contributed by atoms with Crippen molar-refractivity contribution in [2.45, 2.75) is 13.8 Å².